The molecule has 0 aliphatic carbocycles. The van der Waals surface area contributed by atoms with E-state index in [0.29, 0.717) is 16.3 Å². The highest BCUT2D eigenvalue weighted by Gasteiger charge is 2.11. The fraction of sp³-hybridized carbons (Fsp3) is 0.0500. The molecule has 0 spiro atoms. The molecule has 2 heterocycles. The highest BCUT2D eigenvalue weighted by molar-refractivity contribution is 7.11. The van der Waals surface area contributed by atoms with Crippen molar-refractivity contribution in [3.63, 3.8) is 0 Å². The number of aromatic nitrogens is 2. The van der Waals surface area contributed by atoms with Gasteiger partial charge in [-0.1, -0.05) is 12.1 Å². The SMILES string of the molecule is COc1ccc(-c2cnco2)cc1-c1ccc(NC(=O)c2cncs2)cc1. The van der Waals surface area contributed by atoms with E-state index in [1.807, 2.05) is 42.5 Å². The second-order valence-electron chi connectivity index (χ2n) is 5.68. The van der Waals surface area contributed by atoms with Crippen LogP contribution in [-0.2, 0) is 0 Å². The van der Waals surface area contributed by atoms with Crippen molar-refractivity contribution in [2.45, 2.75) is 0 Å². The van der Waals surface area contributed by atoms with E-state index < -0.39 is 0 Å². The number of thiazole rings is 1. The van der Waals surface area contributed by atoms with E-state index >= 15 is 0 Å². The zero-order chi connectivity index (χ0) is 18.6. The number of nitrogens with zero attached hydrogens (tertiary/aromatic N) is 2. The fourth-order valence-corrected chi connectivity index (χ4v) is 3.21. The first-order valence-electron chi connectivity index (χ1n) is 8.12. The average Bonchev–Trinajstić information content (AvgIpc) is 3.42. The van der Waals surface area contributed by atoms with Crippen molar-refractivity contribution in [1.29, 1.82) is 0 Å². The zero-order valence-electron chi connectivity index (χ0n) is 14.4. The molecule has 0 saturated carbocycles. The second kappa shape index (κ2) is 7.43. The number of benzene rings is 2. The fourth-order valence-electron chi connectivity index (χ4n) is 2.70. The number of carbonyl (C=O) groups excluding carboxylic acids is 1. The minimum Gasteiger partial charge on any atom is -0.496 e. The molecule has 4 aromatic rings. The number of carbonyl (C=O) groups is 1. The van der Waals surface area contributed by atoms with E-state index in [-0.39, 0.29) is 5.91 Å². The summed E-state index contributed by atoms with van der Waals surface area (Å²) in [5, 5.41) is 2.86. The van der Waals surface area contributed by atoms with Gasteiger partial charge in [0.15, 0.2) is 12.2 Å². The monoisotopic (exact) mass is 377 g/mol. The minimum atomic E-state index is -0.171. The number of anilines is 1. The Morgan fingerprint density at radius 3 is 2.56 bits per heavy atom. The molecule has 2 aromatic heterocycles. The lowest BCUT2D eigenvalue weighted by Gasteiger charge is -2.11. The van der Waals surface area contributed by atoms with Gasteiger partial charge < -0.3 is 14.5 Å². The van der Waals surface area contributed by atoms with E-state index in [0.717, 1.165) is 22.4 Å². The molecule has 1 amide bonds. The van der Waals surface area contributed by atoms with Crippen molar-refractivity contribution in [3.8, 4) is 28.2 Å². The molecule has 27 heavy (non-hydrogen) atoms. The lowest BCUT2D eigenvalue weighted by atomic mass is 10.0. The van der Waals surface area contributed by atoms with Crippen LogP contribution in [0.2, 0.25) is 0 Å². The van der Waals surface area contributed by atoms with Gasteiger partial charge in [0.2, 0.25) is 0 Å². The van der Waals surface area contributed by atoms with Crippen LogP contribution in [0.3, 0.4) is 0 Å². The number of amides is 1. The van der Waals surface area contributed by atoms with Crippen molar-refractivity contribution in [2.24, 2.45) is 0 Å². The molecule has 6 nitrogen and oxygen atoms in total. The van der Waals surface area contributed by atoms with Gasteiger partial charge in [-0.05, 0) is 35.9 Å². The van der Waals surface area contributed by atoms with E-state index in [2.05, 4.69) is 15.3 Å². The number of rotatable bonds is 5. The van der Waals surface area contributed by atoms with Gasteiger partial charge in [-0.25, -0.2) is 4.98 Å². The van der Waals surface area contributed by atoms with Crippen LogP contribution in [0, 0.1) is 0 Å². The molecular formula is C20H15N3O3S. The van der Waals surface area contributed by atoms with Gasteiger partial charge in [0.25, 0.3) is 5.91 Å². The third-order valence-corrected chi connectivity index (χ3v) is 4.80. The minimum absolute atomic E-state index is 0.171. The van der Waals surface area contributed by atoms with E-state index in [1.54, 1.807) is 25.0 Å². The average molecular weight is 377 g/mol. The van der Waals surface area contributed by atoms with Gasteiger partial charge >= 0.3 is 0 Å². The largest absolute Gasteiger partial charge is 0.496 e. The molecule has 0 radical (unpaired) electrons. The molecule has 0 aliphatic heterocycles. The second-order valence-corrected chi connectivity index (χ2v) is 6.56. The number of oxazole rings is 1. The number of methoxy groups -OCH3 is 1. The van der Waals surface area contributed by atoms with Crippen LogP contribution in [0.25, 0.3) is 22.5 Å². The summed E-state index contributed by atoms with van der Waals surface area (Å²) in [4.78, 5) is 20.6. The lowest BCUT2D eigenvalue weighted by molar-refractivity contribution is 0.103. The normalized spacial score (nSPS) is 10.6. The predicted molar refractivity (Wildman–Crippen MR) is 104 cm³/mol. The van der Waals surface area contributed by atoms with Crippen molar-refractivity contribution in [2.75, 3.05) is 12.4 Å². The summed E-state index contributed by atoms with van der Waals surface area (Å²) in [6.07, 6.45) is 4.62. The van der Waals surface area contributed by atoms with Gasteiger partial charge in [-0.2, -0.15) is 0 Å². The van der Waals surface area contributed by atoms with Crippen LogP contribution in [0.4, 0.5) is 5.69 Å². The van der Waals surface area contributed by atoms with Gasteiger partial charge in [0.1, 0.15) is 10.6 Å². The molecule has 134 valence electrons. The van der Waals surface area contributed by atoms with Crippen LogP contribution in [0.15, 0.2) is 71.2 Å². The third kappa shape index (κ3) is 3.58. The van der Waals surface area contributed by atoms with Crippen LogP contribution in [-0.4, -0.2) is 23.0 Å². The Hall–Kier alpha value is -3.45. The summed E-state index contributed by atoms with van der Waals surface area (Å²) < 4.78 is 10.9. The highest BCUT2D eigenvalue weighted by Crippen LogP contribution is 2.34. The number of hydrogen-bond acceptors (Lipinski definition) is 6. The standard InChI is InChI=1S/C20H15N3O3S/c1-25-17-7-4-14(18-9-21-11-26-18)8-16(17)13-2-5-15(6-3-13)23-20(24)19-10-22-12-27-19/h2-12H,1H3,(H,23,24). The highest BCUT2D eigenvalue weighted by atomic mass is 32.1. The maximum Gasteiger partial charge on any atom is 0.267 e. The Bertz CT molecular complexity index is 1040. The Morgan fingerprint density at radius 2 is 1.89 bits per heavy atom. The maximum absolute atomic E-state index is 12.1. The molecule has 0 saturated heterocycles. The van der Waals surface area contributed by atoms with E-state index in [4.69, 9.17) is 9.15 Å². The first kappa shape index (κ1) is 17.0. The molecule has 0 fully saturated rings. The topological polar surface area (TPSA) is 77.3 Å². The molecular weight excluding hydrogens is 362 g/mol. The summed E-state index contributed by atoms with van der Waals surface area (Å²) in [5.74, 6) is 1.27. The molecule has 1 N–H and O–H groups in total. The van der Waals surface area contributed by atoms with E-state index in [1.165, 1.54) is 17.7 Å². The molecule has 4 rings (SSSR count). The zero-order valence-corrected chi connectivity index (χ0v) is 15.2. The first-order chi connectivity index (χ1) is 13.2. The number of nitrogens with one attached hydrogen (secondary N) is 1. The lowest BCUT2D eigenvalue weighted by Crippen LogP contribution is -2.09. The van der Waals surface area contributed by atoms with Crippen LogP contribution >= 0.6 is 11.3 Å². The summed E-state index contributed by atoms with van der Waals surface area (Å²) in [7, 11) is 1.64. The first-order valence-corrected chi connectivity index (χ1v) is 9.00. The van der Waals surface area contributed by atoms with Gasteiger partial charge in [0, 0.05) is 16.8 Å². The van der Waals surface area contributed by atoms with Gasteiger partial charge in [-0.3, -0.25) is 9.78 Å². The third-order valence-electron chi connectivity index (χ3n) is 4.03. The van der Waals surface area contributed by atoms with Crippen molar-refractivity contribution in [3.05, 3.63) is 71.6 Å². The van der Waals surface area contributed by atoms with Crippen molar-refractivity contribution in [1.82, 2.24) is 9.97 Å². The summed E-state index contributed by atoms with van der Waals surface area (Å²) in [5.41, 5.74) is 5.13. The number of ether oxygens (including phenoxy) is 1. The smallest absolute Gasteiger partial charge is 0.267 e. The van der Waals surface area contributed by atoms with Crippen LogP contribution < -0.4 is 10.1 Å². The molecule has 2 aromatic carbocycles. The predicted octanol–water partition coefficient (Wildman–Crippen LogP) is 4.73. The van der Waals surface area contributed by atoms with Crippen molar-refractivity contribution < 1.29 is 13.9 Å². The Labute approximate surface area is 159 Å². The van der Waals surface area contributed by atoms with Gasteiger partial charge in [0.05, 0.1) is 25.0 Å². The van der Waals surface area contributed by atoms with Crippen LogP contribution in [0.5, 0.6) is 5.75 Å². The molecule has 7 heteroatoms. The van der Waals surface area contributed by atoms with Crippen molar-refractivity contribution >= 4 is 22.9 Å². The summed E-state index contributed by atoms with van der Waals surface area (Å²) >= 11 is 1.30. The number of hydrogen-bond donors (Lipinski definition) is 1. The van der Waals surface area contributed by atoms with E-state index in [9.17, 15) is 4.79 Å². The quantitative estimate of drug-likeness (QED) is 0.544. The maximum atomic E-state index is 12.1. The molecule has 0 unspecified atom stereocenters. The Morgan fingerprint density at radius 1 is 1.07 bits per heavy atom. The summed E-state index contributed by atoms with van der Waals surface area (Å²) in [6.45, 7) is 0. The van der Waals surface area contributed by atoms with Gasteiger partial charge in [-0.15, -0.1) is 11.3 Å². The molecule has 0 aliphatic rings. The molecule has 0 atom stereocenters. The Balaban J connectivity index is 1.61. The summed E-state index contributed by atoms with van der Waals surface area (Å²) in [6, 6.07) is 13.4. The molecule has 0 bridgehead atoms. The van der Waals surface area contributed by atoms with Crippen LogP contribution in [0.1, 0.15) is 9.67 Å². The Kier molecular flexibility index (Phi) is 4.67.